The van der Waals surface area contributed by atoms with Gasteiger partial charge in [0, 0.05) is 6.54 Å². The average molecular weight is 216 g/mol. The Morgan fingerprint density at radius 3 is 2.67 bits per heavy atom. The van der Waals surface area contributed by atoms with Gasteiger partial charge in [-0.2, -0.15) is 13.2 Å². The van der Waals surface area contributed by atoms with Crippen molar-refractivity contribution in [2.24, 2.45) is 5.73 Å². The lowest BCUT2D eigenvalue weighted by Gasteiger charge is -2.00. The van der Waals surface area contributed by atoms with Gasteiger partial charge in [0.1, 0.15) is 5.52 Å². The van der Waals surface area contributed by atoms with Gasteiger partial charge < -0.3 is 10.3 Å². The molecule has 0 unspecified atom stereocenters. The second kappa shape index (κ2) is 3.23. The van der Waals surface area contributed by atoms with Crippen LogP contribution in [0.15, 0.2) is 22.7 Å². The quantitative estimate of drug-likeness (QED) is 0.795. The minimum Gasteiger partial charge on any atom is -0.350 e. The first-order chi connectivity index (χ1) is 7.02. The SMILES string of the molecule is NCc1ccc2c(C(F)(F)F)onc2c1. The lowest BCUT2D eigenvalue weighted by atomic mass is 10.1. The number of nitrogens with zero attached hydrogens (tertiary/aromatic N) is 1. The number of nitrogens with two attached hydrogens (primary N) is 1. The summed E-state index contributed by atoms with van der Waals surface area (Å²) >= 11 is 0. The van der Waals surface area contributed by atoms with Crippen LogP contribution >= 0.6 is 0 Å². The molecule has 1 aromatic heterocycles. The summed E-state index contributed by atoms with van der Waals surface area (Å²) < 4.78 is 41.4. The van der Waals surface area contributed by atoms with Gasteiger partial charge in [-0.25, -0.2) is 0 Å². The molecule has 2 aromatic rings. The molecule has 2 N–H and O–H groups in total. The third-order valence-corrected chi connectivity index (χ3v) is 2.04. The van der Waals surface area contributed by atoms with E-state index in [0.717, 1.165) is 0 Å². The third kappa shape index (κ3) is 1.68. The van der Waals surface area contributed by atoms with Crippen molar-refractivity contribution in [3.8, 4) is 0 Å². The van der Waals surface area contributed by atoms with Crippen LogP contribution in [0.2, 0.25) is 0 Å². The lowest BCUT2D eigenvalue weighted by molar-refractivity contribution is -0.154. The summed E-state index contributed by atoms with van der Waals surface area (Å²) in [7, 11) is 0. The smallest absolute Gasteiger partial charge is 0.350 e. The number of halogens is 3. The fourth-order valence-corrected chi connectivity index (χ4v) is 1.32. The van der Waals surface area contributed by atoms with Crippen LogP contribution in [-0.4, -0.2) is 5.16 Å². The maximum atomic E-state index is 12.4. The Kier molecular flexibility index (Phi) is 2.15. The van der Waals surface area contributed by atoms with E-state index in [-0.39, 0.29) is 17.4 Å². The summed E-state index contributed by atoms with van der Waals surface area (Å²) in [6.07, 6.45) is -4.51. The average Bonchev–Trinajstić information content (AvgIpc) is 2.59. The first-order valence-electron chi connectivity index (χ1n) is 4.18. The maximum absolute atomic E-state index is 12.4. The van der Waals surface area contributed by atoms with Crippen LogP contribution < -0.4 is 5.73 Å². The topological polar surface area (TPSA) is 52.0 Å². The molecule has 1 heterocycles. The van der Waals surface area contributed by atoms with Crippen molar-refractivity contribution in [1.82, 2.24) is 5.16 Å². The molecule has 0 radical (unpaired) electrons. The molecule has 2 rings (SSSR count). The predicted octanol–water partition coefficient (Wildman–Crippen LogP) is 2.31. The van der Waals surface area contributed by atoms with E-state index in [0.29, 0.717) is 5.56 Å². The number of fused-ring (bicyclic) bond motifs is 1. The first kappa shape index (κ1) is 9.97. The van der Waals surface area contributed by atoms with E-state index in [4.69, 9.17) is 5.73 Å². The van der Waals surface area contributed by atoms with E-state index in [2.05, 4.69) is 9.68 Å². The highest BCUT2D eigenvalue weighted by molar-refractivity contribution is 5.81. The molecule has 0 aliphatic heterocycles. The van der Waals surface area contributed by atoms with Gasteiger partial charge in [0.15, 0.2) is 0 Å². The molecule has 0 saturated heterocycles. The molecule has 0 aliphatic rings. The van der Waals surface area contributed by atoms with Gasteiger partial charge in [0.25, 0.3) is 0 Å². The predicted molar refractivity (Wildman–Crippen MR) is 46.9 cm³/mol. The summed E-state index contributed by atoms with van der Waals surface area (Å²) in [5, 5.41) is 3.30. The summed E-state index contributed by atoms with van der Waals surface area (Å²) in [4.78, 5) is 0. The van der Waals surface area contributed by atoms with Gasteiger partial charge in [-0.15, -0.1) is 0 Å². The lowest BCUT2D eigenvalue weighted by Crippen LogP contribution is -2.03. The van der Waals surface area contributed by atoms with E-state index in [9.17, 15) is 13.2 Å². The van der Waals surface area contributed by atoms with Crippen LogP contribution in [-0.2, 0) is 12.7 Å². The monoisotopic (exact) mass is 216 g/mol. The minimum atomic E-state index is -4.51. The number of benzene rings is 1. The normalized spacial score (nSPS) is 12.3. The van der Waals surface area contributed by atoms with Crippen molar-refractivity contribution in [2.45, 2.75) is 12.7 Å². The van der Waals surface area contributed by atoms with Crippen LogP contribution in [0.5, 0.6) is 0 Å². The van der Waals surface area contributed by atoms with Gasteiger partial charge >= 0.3 is 6.18 Å². The van der Waals surface area contributed by atoms with Crippen molar-refractivity contribution in [1.29, 1.82) is 0 Å². The summed E-state index contributed by atoms with van der Waals surface area (Å²) in [6.45, 7) is 0.254. The third-order valence-electron chi connectivity index (χ3n) is 2.04. The zero-order valence-electron chi connectivity index (χ0n) is 7.51. The van der Waals surface area contributed by atoms with Crippen LogP contribution in [0, 0.1) is 0 Å². The van der Waals surface area contributed by atoms with Gasteiger partial charge in [0.2, 0.25) is 5.76 Å². The highest BCUT2D eigenvalue weighted by atomic mass is 19.4. The second-order valence-corrected chi connectivity index (χ2v) is 3.07. The number of hydrogen-bond donors (Lipinski definition) is 1. The Morgan fingerprint density at radius 1 is 1.33 bits per heavy atom. The Hall–Kier alpha value is -1.56. The molecule has 6 heteroatoms. The molecule has 0 fully saturated rings. The number of aromatic nitrogens is 1. The zero-order chi connectivity index (χ0) is 11.1. The zero-order valence-corrected chi connectivity index (χ0v) is 7.51. The molecule has 0 amide bonds. The van der Waals surface area contributed by atoms with Crippen molar-refractivity contribution in [3.05, 3.63) is 29.5 Å². The molecule has 1 aromatic carbocycles. The van der Waals surface area contributed by atoms with Crippen molar-refractivity contribution in [2.75, 3.05) is 0 Å². The summed E-state index contributed by atoms with van der Waals surface area (Å²) in [6, 6.07) is 4.32. The number of hydrogen-bond acceptors (Lipinski definition) is 3. The van der Waals surface area contributed by atoms with Crippen LogP contribution in [0.3, 0.4) is 0 Å². The van der Waals surface area contributed by atoms with Crippen LogP contribution in [0.1, 0.15) is 11.3 Å². The summed E-state index contributed by atoms with van der Waals surface area (Å²) in [5.74, 6) is -1.07. The van der Waals surface area contributed by atoms with Gasteiger partial charge in [-0.05, 0) is 17.7 Å². The van der Waals surface area contributed by atoms with E-state index < -0.39 is 11.9 Å². The molecule has 15 heavy (non-hydrogen) atoms. The van der Waals surface area contributed by atoms with E-state index in [1.54, 1.807) is 0 Å². The van der Waals surface area contributed by atoms with E-state index in [1.165, 1.54) is 18.2 Å². The highest BCUT2D eigenvalue weighted by Gasteiger charge is 2.37. The fraction of sp³-hybridized carbons (Fsp3) is 0.222. The van der Waals surface area contributed by atoms with E-state index in [1.807, 2.05) is 0 Å². The number of alkyl halides is 3. The largest absolute Gasteiger partial charge is 0.453 e. The van der Waals surface area contributed by atoms with Crippen LogP contribution in [0.4, 0.5) is 13.2 Å². The maximum Gasteiger partial charge on any atom is 0.453 e. The van der Waals surface area contributed by atoms with Gasteiger partial charge in [0.05, 0.1) is 5.39 Å². The Balaban J connectivity index is 2.62. The molecule has 0 aliphatic carbocycles. The summed E-state index contributed by atoms with van der Waals surface area (Å²) in [5.41, 5.74) is 6.24. The molecule has 3 nitrogen and oxygen atoms in total. The molecule has 80 valence electrons. The Morgan fingerprint density at radius 2 is 2.07 bits per heavy atom. The first-order valence-corrected chi connectivity index (χ1v) is 4.18. The number of rotatable bonds is 1. The van der Waals surface area contributed by atoms with Crippen LogP contribution in [0.25, 0.3) is 10.9 Å². The minimum absolute atomic E-state index is 0.0419. The molecule has 0 spiro atoms. The molecular formula is C9H7F3N2O. The van der Waals surface area contributed by atoms with Crippen molar-refractivity contribution >= 4 is 10.9 Å². The Bertz CT molecular complexity index is 490. The van der Waals surface area contributed by atoms with Gasteiger partial charge in [-0.1, -0.05) is 11.2 Å². The molecule has 0 saturated carbocycles. The standard InChI is InChI=1S/C9H7F3N2O/c10-9(11,12)8-6-2-1-5(4-13)3-7(6)14-15-8/h1-3H,4,13H2. The second-order valence-electron chi connectivity index (χ2n) is 3.07. The van der Waals surface area contributed by atoms with Crippen molar-refractivity contribution in [3.63, 3.8) is 0 Å². The van der Waals surface area contributed by atoms with Crippen molar-refractivity contribution < 1.29 is 17.7 Å². The fourth-order valence-electron chi connectivity index (χ4n) is 1.32. The molecule has 0 atom stereocenters. The van der Waals surface area contributed by atoms with Gasteiger partial charge in [-0.3, -0.25) is 0 Å². The molecule has 0 bridgehead atoms. The molecular weight excluding hydrogens is 209 g/mol. The Labute approximate surface area is 82.6 Å². The highest BCUT2D eigenvalue weighted by Crippen LogP contribution is 2.34. The van der Waals surface area contributed by atoms with E-state index >= 15 is 0 Å².